The number of benzene rings is 10. The van der Waals surface area contributed by atoms with Crippen LogP contribution in [0.25, 0.3) is 122 Å². The van der Waals surface area contributed by atoms with Gasteiger partial charge in [0.25, 0.3) is 0 Å². The van der Waals surface area contributed by atoms with Crippen LogP contribution in [0.3, 0.4) is 0 Å². The minimum atomic E-state index is 0.591. The van der Waals surface area contributed by atoms with Gasteiger partial charge in [0.1, 0.15) is 6.54 Å². The van der Waals surface area contributed by atoms with E-state index in [1.165, 1.54) is 49.0 Å². The number of hydrogen-bond donors (Lipinski definition) is 0. The molecule has 328 valence electrons. The van der Waals surface area contributed by atoms with E-state index in [0.29, 0.717) is 12.5 Å². The molecule has 70 heavy (non-hydrogen) atoms. The third kappa shape index (κ3) is 5.63. The first kappa shape index (κ1) is 38.6. The summed E-state index contributed by atoms with van der Waals surface area (Å²) in [7, 11) is 0. The normalized spacial score (nSPS) is 12.1. The first-order chi connectivity index (χ1) is 34.7. The van der Waals surface area contributed by atoms with Crippen LogP contribution >= 0.6 is 0 Å². The molecule has 0 fully saturated rings. The van der Waals surface area contributed by atoms with Gasteiger partial charge in [-0.05, 0) is 88.6 Å². The van der Waals surface area contributed by atoms with E-state index >= 15 is 0 Å². The fraction of sp³-hybridized carbons (Fsp3) is 0.0159. The molecule has 0 N–H and O–H groups in total. The van der Waals surface area contributed by atoms with E-state index in [-0.39, 0.29) is 0 Å². The summed E-state index contributed by atoms with van der Waals surface area (Å²) in [6.07, 6.45) is 0. The fourth-order valence-electron chi connectivity index (χ4n) is 11.4. The minimum absolute atomic E-state index is 0.591. The van der Waals surface area contributed by atoms with Crippen molar-refractivity contribution in [3.63, 3.8) is 0 Å². The van der Waals surface area contributed by atoms with Crippen LogP contribution in [0.4, 0.5) is 0 Å². The monoisotopic (exact) mass is 895 g/mol. The molecule has 0 amide bonds. The summed E-state index contributed by atoms with van der Waals surface area (Å²) in [6.45, 7) is 0.591. The van der Waals surface area contributed by atoms with Gasteiger partial charge in [-0.3, -0.25) is 0 Å². The highest BCUT2D eigenvalue weighted by Crippen LogP contribution is 2.43. The molecule has 0 aliphatic heterocycles. The van der Waals surface area contributed by atoms with Crippen LogP contribution in [0, 0.1) is 0 Å². The van der Waals surface area contributed by atoms with Crippen LogP contribution in [-0.4, -0.2) is 23.3 Å². The number of fused-ring (bicyclic) bond motifs is 13. The van der Waals surface area contributed by atoms with Crippen molar-refractivity contribution in [3.05, 3.63) is 242 Å². The van der Waals surface area contributed by atoms with E-state index in [2.05, 4.69) is 253 Å². The van der Waals surface area contributed by atoms with E-state index in [1.54, 1.807) is 0 Å². The lowest BCUT2D eigenvalue weighted by Crippen LogP contribution is -2.40. The third-order valence-electron chi connectivity index (χ3n) is 14.4. The number of nitrogens with zero attached hydrogens (tertiary/aromatic N) is 7. The topological polar surface area (TPSA) is 50.6 Å². The van der Waals surface area contributed by atoms with Crippen molar-refractivity contribution in [2.45, 2.75) is 6.54 Å². The lowest BCUT2D eigenvalue weighted by molar-refractivity contribution is -0.737. The average Bonchev–Trinajstić information content (AvgIpc) is 4.23. The number of para-hydroxylation sites is 5. The summed E-state index contributed by atoms with van der Waals surface area (Å²) >= 11 is 0. The van der Waals surface area contributed by atoms with Crippen molar-refractivity contribution in [2.24, 2.45) is 0 Å². The van der Waals surface area contributed by atoms with Gasteiger partial charge >= 0.3 is 0 Å². The van der Waals surface area contributed by atoms with Crippen LogP contribution in [0.5, 0.6) is 0 Å². The lowest BCUT2D eigenvalue weighted by atomic mass is 10.1. The largest absolute Gasteiger partial charge is 0.363 e. The zero-order valence-corrected chi connectivity index (χ0v) is 37.9. The summed E-state index contributed by atoms with van der Waals surface area (Å²) in [6, 6.07) is 85.2. The van der Waals surface area contributed by atoms with Crippen molar-refractivity contribution in [2.75, 3.05) is 0 Å². The summed E-state index contributed by atoms with van der Waals surface area (Å²) in [4.78, 5) is 5.42. The van der Waals surface area contributed by atoms with Crippen molar-refractivity contribution < 1.29 is 4.68 Å². The molecule has 0 aliphatic rings. The number of rotatable bonds is 7. The van der Waals surface area contributed by atoms with E-state index in [4.69, 9.17) is 10.1 Å². The van der Waals surface area contributed by atoms with E-state index < -0.39 is 0 Å². The summed E-state index contributed by atoms with van der Waals surface area (Å²) in [5.41, 5.74) is 14.6. The number of aromatic nitrogens is 7. The van der Waals surface area contributed by atoms with Crippen molar-refractivity contribution in [3.8, 4) is 34.4 Å². The smallest absolute Gasteiger partial charge is 0.165 e. The predicted octanol–water partition coefficient (Wildman–Crippen LogP) is 14.4. The zero-order valence-electron chi connectivity index (χ0n) is 37.9. The molecule has 0 aliphatic carbocycles. The molecular weight excluding hydrogens is 855 g/mol. The zero-order chi connectivity index (χ0) is 45.9. The molecule has 0 bridgehead atoms. The summed E-state index contributed by atoms with van der Waals surface area (Å²) in [5.74, 6) is 1.46. The van der Waals surface area contributed by atoms with Crippen LogP contribution in [0.1, 0.15) is 5.56 Å². The van der Waals surface area contributed by atoms with Gasteiger partial charge in [0.15, 0.2) is 5.82 Å². The Morgan fingerprint density at radius 2 is 0.814 bits per heavy atom. The second-order valence-corrected chi connectivity index (χ2v) is 18.3. The Morgan fingerprint density at radius 1 is 0.343 bits per heavy atom. The van der Waals surface area contributed by atoms with E-state index in [0.717, 1.165) is 72.2 Å². The molecule has 15 rings (SSSR count). The predicted molar refractivity (Wildman–Crippen MR) is 286 cm³/mol. The highest BCUT2D eigenvalue weighted by atomic mass is 15.4. The van der Waals surface area contributed by atoms with Crippen LogP contribution < -0.4 is 9.78 Å². The Morgan fingerprint density at radius 3 is 1.44 bits per heavy atom. The lowest BCUT2D eigenvalue weighted by Gasteiger charge is -2.14. The van der Waals surface area contributed by atoms with E-state index in [9.17, 15) is 0 Å². The second-order valence-electron chi connectivity index (χ2n) is 18.3. The van der Waals surface area contributed by atoms with Gasteiger partial charge in [0.2, 0.25) is 0 Å². The Labute approximate surface area is 401 Å². The van der Waals surface area contributed by atoms with Gasteiger partial charge in [0, 0.05) is 60.5 Å². The third-order valence-corrected chi connectivity index (χ3v) is 14.4. The van der Waals surface area contributed by atoms with Crippen LogP contribution in [0.2, 0.25) is 0 Å². The van der Waals surface area contributed by atoms with Gasteiger partial charge in [0.05, 0.1) is 39.0 Å². The molecule has 0 spiro atoms. The van der Waals surface area contributed by atoms with Gasteiger partial charge in [-0.2, -0.15) is 0 Å². The second kappa shape index (κ2) is 15.0. The molecule has 7 heteroatoms. The van der Waals surface area contributed by atoms with Crippen LogP contribution in [-0.2, 0) is 6.54 Å². The Kier molecular flexibility index (Phi) is 8.29. The molecule has 7 nitrogen and oxygen atoms in total. The van der Waals surface area contributed by atoms with Gasteiger partial charge in [-0.25, -0.2) is 9.78 Å². The maximum atomic E-state index is 5.42. The molecule has 5 aromatic heterocycles. The standard InChI is InChI=1S/C63H41N7/c1-4-19-41(20-5-1)40-66-62(42-21-6-2-7-22-42)64-63(65-66)70-55-33-16-10-27-46(55)49-35-36-57-60(61(49)70)50-30-13-17-34-56(50)68(57)44-25-18-26-45(37-44)69-54-32-15-12-29-48(54)52-38-58-51(39-59(52)69)47-28-11-14-31-53(47)67(58)43-23-8-3-9-24-43/h1-39H,40H2. The molecule has 10 aromatic carbocycles. The Hall–Kier alpha value is -9.46. The molecule has 0 saturated heterocycles. The average molecular weight is 896 g/mol. The maximum Gasteiger partial charge on any atom is 0.165 e. The van der Waals surface area contributed by atoms with Gasteiger partial charge in [-0.15, -0.1) is 0 Å². The van der Waals surface area contributed by atoms with Crippen molar-refractivity contribution >= 4 is 87.2 Å². The molecular formula is C63H41N7. The first-order valence-corrected chi connectivity index (χ1v) is 23.9. The molecule has 0 radical (unpaired) electrons. The number of hydrogen-bond acceptors (Lipinski definition) is 1. The quantitative estimate of drug-likeness (QED) is 0.150. The van der Waals surface area contributed by atoms with E-state index in [1.807, 2.05) is 6.07 Å². The molecule has 0 saturated carbocycles. The highest BCUT2D eigenvalue weighted by Gasteiger charge is 2.22. The Balaban J connectivity index is 0.969. The van der Waals surface area contributed by atoms with Crippen LogP contribution in [0.15, 0.2) is 237 Å². The molecule has 0 atom stereocenters. The molecule has 15 aromatic rings. The molecule has 0 unspecified atom stereocenters. The van der Waals surface area contributed by atoms with Gasteiger partial charge in [-0.1, -0.05) is 170 Å². The highest BCUT2D eigenvalue weighted by molar-refractivity contribution is 6.26. The first-order valence-electron chi connectivity index (χ1n) is 23.9. The summed E-state index contributed by atoms with van der Waals surface area (Å²) < 4.78 is 11.6. The minimum Gasteiger partial charge on any atom is -0.363 e. The van der Waals surface area contributed by atoms with Crippen molar-refractivity contribution in [1.82, 2.24) is 28.4 Å². The summed E-state index contributed by atoms with van der Waals surface area (Å²) in [5, 5.41) is 14.9. The SMILES string of the molecule is c1ccc(C[n+]2[n-]c(-n3c4ccccc4c4ccc5c(c6ccccc6n5-c5cccc(-n6c7ccccc7c7cc8c(cc76)c6ccccc6n8-c6ccccc6)c5)c43)nc2-c2ccccc2)cc1. The van der Waals surface area contributed by atoms with Gasteiger partial charge < -0.3 is 23.3 Å². The fourth-order valence-corrected chi connectivity index (χ4v) is 11.4. The molecule has 5 heterocycles. The van der Waals surface area contributed by atoms with Crippen molar-refractivity contribution in [1.29, 1.82) is 0 Å². The Bertz CT molecular complexity index is 4550. The maximum absolute atomic E-state index is 5.42.